The van der Waals surface area contributed by atoms with Crippen molar-refractivity contribution in [3.8, 4) is 5.69 Å². The molecule has 0 unspecified atom stereocenters. The first-order chi connectivity index (χ1) is 7.48. The van der Waals surface area contributed by atoms with Crippen molar-refractivity contribution in [3.05, 3.63) is 34.6 Å². The van der Waals surface area contributed by atoms with Gasteiger partial charge in [0.25, 0.3) is 0 Å². The molecule has 2 rings (SSSR count). The lowest BCUT2D eigenvalue weighted by molar-refractivity contribution is -0.137. The van der Waals surface area contributed by atoms with Crippen molar-refractivity contribution >= 4 is 15.9 Å². The monoisotopic (exact) mass is 292 g/mol. The molecule has 0 bridgehead atoms. The lowest BCUT2D eigenvalue weighted by atomic mass is 10.2. The van der Waals surface area contributed by atoms with E-state index in [2.05, 4.69) is 31.5 Å². The van der Waals surface area contributed by atoms with Crippen LogP contribution in [0.4, 0.5) is 13.2 Å². The van der Waals surface area contributed by atoms with Crippen molar-refractivity contribution in [1.82, 2.24) is 20.2 Å². The number of aromatic nitrogens is 4. The predicted octanol–water partition coefficient (Wildman–Crippen LogP) is 2.44. The van der Waals surface area contributed by atoms with E-state index in [9.17, 15) is 13.2 Å². The molecule has 4 nitrogen and oxygen atoms in total. The molecule has 0 atom stereocenters. The molecule has 0 aliphatic rings. The predicted molar refractivity (Wildman–Crippen MR) is 51.9 cm³/mol. The molecule has 0 amide bonds. The molecule has 0 radical (unpaired) electrons. The van der Waals surface area contributed by atoms with Crippen LogP contribution in [0, 0.1) is 0 Å². The Bertz CT molecular complexity index is 508. The Morgan fingerprint density at radius 3 is 2.56 bits per heavy atom. The van der Waals surface area contributed by atoms with E-state index < -0.39 is 11.7 Å². The number of hydrogen-bond donors (Lipinski definition) is 0. The standard InChI is InChI=1S/C8H4BrF3N4/c9-7-13-14-15-16(7)6-3-1-2-5(4-6)8(10,11)12/h1-4H. The minimum absolute atomic E-state index is 0.242. The minimum Gasteiger partial charge on any atom is -0.187 e. The van der Waals surface area contributed by atoms with Crippen LogP contribution in [0.15, 0.2) is 29.0 Å². The number of nitrogens with zero attached hydrogens (tertiary/aromatic N) is 4. The Balaban J connectivity index is 2.49. The molecule has 0 aliphatic carbocycles. The summed E-state index contributed by atoms with van der Waals surface area (Å²) in [7, 11) is 0. The van der Waals surface area contributed by atoms with E-state index in [1.807, 2.05) is 0 Å². The zero-order chi connectivity index (χ0) is 11.8. The lowest BCUT2D eigenvalue weighted by Crippen LogP contribution is -2.06. The number of tetrazole rings is 1. The second kappa shape index (κ2) is 3.85. The van der Waals surface area contributed by atoms with Crippen molar-refractivity contribution < 1.29 is 13.2 Å². The highest BCUT2D eigenvalue weighted by Gasteiger charge is 2.30. The summed E-state index contributed by atoms with van der Waals surface area (Å²) in [5.41, 5.74) is -0.501. The number of halogens is 4. The van der Waals surface area contributed by atoms with E-state index in [-0.39, 0.29) is 10.4 Å². The van der Waals surface area contributed by atoms with Gasteiger partial charge in [0.05, 0.1) is 11.3 Å². The van der Waals surface area contributed by atoms with Crippen LogP contribution < -0.4 is 0 Å². The summed E-state index contributed by atoms with van der Waals surface area (Å²) in [5, 5.41) is 10.4. The highest BCUT2D eigenvalue weighted by Crippen LogP contribution is 2.30. The third kappa shape index (κ3) is 2.06. The van der Waals surface area contributed by atoms with E-state index in [1.165, 1.54) is 12.1 Å². The van der Waals surface area contributed by atoms with Gasteiger partial charge in [-0.15, -0.1) is 5.10 Å². The van der Waals surface area contributed by atoms with Crippen molar-refractivity contribution in [1.29, 1.82) is 0 Å². The van der Waals surface area contributed by atoms with E-state index >= 15 is 0 Å². The lowest BCUT2D eigenvalue weighted by Gasteiger charge is -2.08. The van der Waals surface area contributed by atoms with E-state index in [4.69, 9.17) is 0 Å². The van der Waals surface area contributed by atoms with Gasteiger partial charge in [-0.25, -0.2) is 0 Å². The quantitative estimate of drug-likeness (QED) is 0.811. The van der Waals surface area contributed by atoms with E-state index in [1.54, 1.807) is 0 Å². The normalized spacial score (nSPS) is 11.8. The summed E-state index contributed by atoms with van der Waals surface area (Å²) in [6, 6.07) is 4.74. The maximum absolute atomic E-state index is 12.4. The molecule has 16 heavy (non-hydrogen) atoms. The SMILES string of the molecule is FC(F)(F)c1cccc(-n2nnnc2Br)c1. The molecule has 1 aromatic heterocycles. The van der Waals surface area contributed by atoms with Gasteiger partial charge in [-0.2, -0.15) is 17.9 Å². The average Bonchev–Trinajstić information content (AvgIpc) is 2.63. The van der Waals surface area contributed by atoms with Gasteiger partial charge in [0.1, 0.15) is 0 Å². The first-order valence-corrected chi connectivity index (χ1v) is 4.89. The average molecular weight is 293 g/mol. The molecule has 84 valence electrons. The summed E-state index contributed by atoms with van der Waals surface area (Å²) in [6.07, 6.45) is -4.38. The van der Waals surface area contributed by atoms with Crippen molar-refractivity contribution in [2.45, 2.75) is 6.18 Å². The van der Waals surface area contributed by atoms with Gasteiger partial charge in [0, 0.05) is 0 Å². The summed E-state index contributed by atoms with van der Waals surface area (Å²) < 4.78 is 38.7. The summed E-state index contributed by atoms with van der Waals surface area (Å²) in [5.74, 6) is 0. The van der Waals surface area contributed by atoms with Gasteiger partial charge >= 0.3 is 6.18 Å². The highest BCUT2D eigenvalue weighted by molar-refractivity contribution is 9.10. The number of alkyl halides is 3. The Morgan fingerprint density at radius 2 is 2.00 bits per heavy atom. The molecule has 8 heteroatoms. The second-order valence-electron chi connectivity index (χ2n) is 2.91. The van der Waals surface area contributed by atoms with Crippen LogP contribution in [0.5, 0.6) is 0 Å². The Morgan fingerprint density at radius 1 is 1.25 bits per heavy atom. The Hall–Kier alpha value is -1.44. The first-order valence-electron chi connectivity index (χ1n) is 4.10. The van der Waals surface area contributed by atoms with E-state index in [0.29, 0.717) is 0 Å². The van der Waals surface area contributed by atoms with Gasteiger partial charge in [-0.3, -0.25) is 0 Å². The number of hydrogen-bond acceptors (Lipinski definition) is 3. The molecular formula is C8H4BrF3N4. The number of benzene rings is 1. The van der Waals surface area contributed by atoms with Gasteiger partial charge in [-0.1, -0.05) is 6.07 Å². The smallest absolute Gasteiger partial charge is 0.187 e. The maximum Gasteiger partial charge on any atom is 0.416 e. The summed E-state index contributed by atoms with van der Waals surface area (Å²) in [4.78, 5) is 0. The number of rotatable bonds is 1. The van der Waals surface area contributed by atoms with Crippen molar-refractivity contribution in [2.24, 2.45) is 0 Å². The van der Waals surface area contributed by atoms with Crippen LogP contribution in [-0.4, -0.2) is 20.2 Å². The molecule has 0 spiro atoms. The molecule has 0 N–H and O–H groups in total. The molecule has 0 fully saturated rings. The fourth-order valence-electron chi connectivity index (χ4n) is 1.15. The molecule has 1 aromatic carbocycles. The third-order valence-electron chi connectivity index (χ3n) is 1.85. The maximum atomic E-state index is 12.4. The Kier molecular flexibility index (Phi) is 2.66. The second-order valence-corrected chi connectivity index (χ2v) is 3.62. The third-order valence-corrected chi connectivity index (χ3v) is 2.34. The van der Waals surface area contributed by atoms with Gasteiger partial charge < -0.3 is 0 Å². The van der Waals surface area contributed by atoms with Crippen LogP contribution in [0.2, 0.25) is 0 Å². The fraction of sp³-hybridized carbons (Fsp3) is 0.125. The van der Waals surface area contributed by atoms with Crippen molar-refractivity contribution in [3.63, 3.8) is 0 Å². The molecular weight excluding hydrogens is 289 g/mol. The summed E-state index contributed by atoms with van der Waals surface area (Å²) >= 11 is 3.02. The molecule has 1 heterocycles. The zero-order valence-electron chi connectivity index (χ0n) is 7.61. The minimum atomic E-state index is -4.38. The van der Waals surface area contributed by atoms with Gasteiger partial charge in [0.15, 0.2) is 0 Å². The first kappa shape index (κ1) is 11.1. The van der Waals surface area contributed by atoms with Crippen LogP contribution in [0.25, 0.3) is 5.69 Å². The molecule has 0 aliphatic heterocycles. The van der Waals surface area contributed by atoms with Gasteiger partial charge in [0.2, 0.25) is 4.73 Å². The molecule has 0 saturated carbocycles. The molecule has 0 saturated heterocycles. The zero-order valence-corrected chi connectivity index (χ0v) is 9.20. The highest BCUT2D eigenvalue weighted by atomic mass is 79.9. The largest absolute Gasteiger partial charge is 0.416 e. The fourth-order valence-corrected chi connectivity index (χ4v) is 1.49. The summed E-state index contributed by atoms with van der Waals surface area (Å²) in [6.45, 7) is 0. The van der Waals surface area contributed by atoms with Crippen molar-refractivity contribution in [2.75, 3.05) is 0 Å². The topological polar surface area (TPSA) is 43.6 Å². The van der Waals surface area contributed by atoms with Gasteiger partial charge in [-0.05, 0) is 44.6 Å². The van der Waals surface area contributed by atoms with E-state index in [0.717, 1.165) is 16.8 Å². The molecule has 2 aromatic rings. The van der Waals surface area contributed by atoms with Crippen LogP contribution in [0.3, 0.4) is 0 Å². The van der Waals surface area contributed by atoms with Crippen LogP contribution >= 0.6 is 15.9 Å². The Labute approximate surface area is 96.2 Å². The van der Waals surface area contributed by atoms with Crippen LogP contribution in [-0.2, 0) is 6.18 Å². The van der Waals surface area contributed by atoms with Crippen LogP contribution in [0.1, 0.15) is 5.56 Å².